The number of fused-ring (bicyclic) bond motifs is 4. The molecular formula is C38H31FN2O6. The van der Waals surface area contributed by atoms with Crippen molar-refractivity contribution in [3.63, 3.8) is 0 Å². The molecule has 3 aromatic carbocycles. The van der Waals surface area contributed by atoms with Crippen molar-refractivity contribution in [2.24, 2.45) is 11.8 Å². The number of rotatable bonds is 8. The van der Waals surface area contributed by atoms with Crippen molar-refractivity contribution in [3.8, 4) is 11.6 Å². The quantitative estimate of drug-likeness (QED) is 0.165. The Bertz CT molecular complexity index is 2020. The summed E-state index contributed by atoms with van der Waals surface area (Å²) in [4.78, 5) is 30.9. The molecule has 3 heterocycles. The molecule has 0 amide bonds. The number of hydrogen-bond acceptors (Lipinski definition) is 8. The first kappa shape index (κ1) is 28.2. The molecule has 0 N–H and O–H groups in total. The summed E-state index contributed by atoms with van der Waals surface area (Å²) in [5, 5.41) is 4.10. The Morgan fingerprint density at radius 3 is 2.36 bits per heavy atom. The zero-order chi connectivity index (χ0) is 31.9. The molecule has 0 bridgehead atoms. The van der Waals surface area contributed by atoms with Crippen molar-refractivity contribution in [1.29, 1.82) is 0 Å². The van der Waals surface area contributed by atoms with Gasteiger partial charge in [-0.15, -0.1) is 6.58 Å². The molecule has 2 aliphatic heterocycles. The van der Waals surface area contributed by atoms with Gasteiger partial charge in [0.1, 0.15) is 30.3 Å². The first-order valence-corrected chi connectivity index (χ1v) is 16.0. The van der Waals surface area contributed by atoms with E-state index in [0.717, 1.165) is 11.1 Å². The molecule has 9 heteroatoms. The lowest BCUT2D eigenvalue weighted by Gasteiger charge is -2.35. The molecule has 1 aromatic heterocycles. The van der Waals surface area contributed by atoms with Gasteiger partial charge in [0.15, 0.2) is 17.3 Å². The normalized spacial score (nSPS) is 23.5. The number of aromatic nitrogens is 1. The molecule has 4 aromatic rings. The van der Waals surface area contributed by atoms with Crippen molar-refractivity contribution in [2.45, 2.75) is 51.2 Å². The van der Waals surface area contributed by atoms with Gasteiger partial charge in [-0.05, 0) is 35.0 Å². The first-order valence-electron chi connectivity index (χ1n) is 16.0. The third-order valence-electron chi connectivity index (χ3n) is 10.3. The molecular weight excluding hydrogens is 599 g/mol. The second kappa shape index (κ2) is 10.5. The minimum atomic E-state index is -1.26. The van der Waals surface area contributed by atoms with Crippen molar-refractivity contribution in [1.82, 2.24) is 10.1 Å². The number of carbonyl (C=O) groups excluding carboxylic acids is 2. The molecule has 3 atom stereocenters. The summed E-state index contributed by atoms with van der Waals surface area (Å²) in [6.45, 7) is 5.76. The fourth-order valence-electron chi connectivity index (χ4n) is 8.11. The van der Waals surface area contributed by atoms with E-state index in [4.69, 9.17) is 18.7 Å². The van der Waals surface area contributed by atoms with Gasteiger partial charge in [0.05, 0.1) is 5.56 Å². The third-order valence-corrected chi connectivity index (χ3v) is 10.3. The minimum absolute atomic E-state index is 0.127. The summed E-state index contributed by atoms with van der Waals surface area (Å²) in [5.41, 5.74) is 3.25. The molecule has 8 nitrogen and oxygen atoms in total. The van der Waals surface area contributed by atoms with Crippen LogP contribution in [0.3, 0.4) is 0 Å². The molecule has 1 fully saturated rings. The van der Waals surface area contributed by atoms with Crippen molar-refractivity contribution in [2.75, 3.05) is 6.54 Å². The van der Waals surface area contributed by atoms with Crippen LogP contribution in [0.5, 0.6) is 11.6 Å². The number of ketones is 2. The Labute approximate surface area is 270 Å². The summed E-state index contributed by atoms with van der Waals surface area (Å²) in [6.07, 6.45) is 3.00. The maximum absolute atomic E-state index is 16.4. The summed E-state index contributed by atoms with van der Waals surface area (Å²) in [7, 11) is 0. The molecule has 9 rings (SSSR count). The SMILES string of the molecule is C=CCN1Cc2c(F)c3c(c(OCc4ccccc4)c2C1)C(=O)C1=C2O[C@]24C(=O)c2c(OCc5ccccc5)noc2C[C@@H]4CC1C3. The molecule has 0 saturated carbocycles. The highest BCUT2D eigenvalue weighted by atomic mass is 19.1. The maximum Gasteiger partial charge on any atom is 0.265 e. The molecule has 236 valence electrons. The van der Waals surface area contributed by atoms with E-state index in [1.807, 2.05) is 60.7 Å². The summed E-state index contributed by atoms with van der Waals surface area (Å²) >= 11 is 0. The van der Waals surface area contributed by atoms with Gasteiger partial charge in [-0.25, -0.2) is 4.39 Å². The Hall–Kier alpha value is -5.02. The number of Topliss-reactive ketones (excluding diaryl/α,β-unsaturated/α-hetero) is 2. The highest BCUT2D eigenvalue weighted by molar-refractivity contribution is 6.18. The summed E-state index contributed by atoms with van der Waals surface area (Å²) in [6, 6.07) is 19.3. The summed E-state index contributed by atoms with van der Waals surface area (Å²) in [5.74, 6) is -0.110. The van der Waals surface area contributed by atoms with Crippen LogP contribution in [-0.4, -0.2) is 33.8 Å². The van der Waals surface area contributed by atoms with Crippen LogP contribution in [-0.2, 0) is 43.9 Å². The van der Waals surface area contributed by atoms with E-state index in [1.165, 1.54) is 0 Å². The predicted octanol–water partition coefficient (Wildman–Crippen LogP) is 6.31. The number of nitrogens with zero attached hydrogens (tertiary/aromatic N) is 2. The lowest BCUT2D eigenvalue weighted by Crippen LogP contribution is -2.44. The molecule has 3 aliphatic carbocycles. The number of halogens is 1. The van der Waals surface area contributed by atoms with Crippen LogP contribution < -0.4 is 9.47 Å². The largest absolute Gasteiger partial charge is 0.488 e. The van der Waals surface area contributed by atoms with Crippen molar-refractivity contribution >= 4 is 11.6 Å². The average molecular weight is 631 g/mol. The first-order chi connectivity index (χ1) is 23.0. The van der Waals surface area contributed by atoms with Gasteiger partial charge in [-0.1, -0.05) is 66.7 Å². The van der Waals surface area contributed by atoms with Gasteiger partial charge in [0, 0.05) is 54.2 Å². The van der Waals surface area contributed by atoms with Crippen LogP contribution in [0.1, 0.15) is 60.7 Å². The number of ether oxygens (including phenoxy) is 3. The van der Waals surface area contributed by atoms with Crippen LogP contribution in [0, 0.1) is 17.7 Å². The van der Waals surface area contributed by atoms with Crippen LogP contribution in [0.2, 0.25) is 0 Å². The zero-order valence-corrected chi connectivity index (χ0v) is 25.6. The number of hydrogen-bond donors (Lipinski definition) is 0. The highest BCUT2D eigenvalue weighted by Gasteiger charge is 2.72. The number of carbonyl (C=O) groups is 2. The fourth-order valence-corrected chi connectivity index (χ4v) is 8.11. The van der Waals surface area contributed by atoms with Crippen molar-refractivity contribution < 1.29 is 32.7 Å². The van der Waals surface area contributed by atoms with E-state index < -0.39 is 5.60 Å². The second-order valence-corrected chi connectivity index (χ2v) is 13.0. The van der Waals surface area contributed by atoms with Crippen LogP contribution in [0.15, 0.2) is 89.2 Å². The van der Waals surface area contributed by atoms with Gasteiger partial charge >= 0.3 is 0 Å². The molecule has 5 aliphatic rings. The molecule has 1 saturated heterocycles. The summed E-state index contributed by atoms with van der Waals surface area (Å²) < 4.78 is 40.7. The monoisotopic (exact) mass is 630 g/mol. The number of benzene rings is 3. The highest BCUT2D eigenvalue weighted by Crippen LogP contribution is 2.63. The smallest absolute Gasteiger partial charge is 0.265 e. The van der Waals surface area contributed by atoms with E-state index >= 15 is 4.39 Å². The number of epoxide rings is 1. The van der Waals surface area contributed by atoms with Gasteiger partial charge < -0.3 is 18.7 Å². The van der Waals surface area contributed by atoms with E-state index in [0.29, 0.717) is 78.4 Å². The zero-order valence-electron chi connectivity index (χ0n) is 25.6. The molecule has 0 radical (unpaired) electrons. The van der Waals surface area contributed by atoms with Crippen molar-refractivity contribution in [3.05, 3.63) is 135 Å². The van der Waals surface area contributed by atoms with Gasteiger partial charge in [0.2, 0.25) is 11.4 Å². The van der Waals surface area contributed by atoms with Crippen LogP contribution >= 0.6 is 0 Å². The van der Waals surface area contributed by atoms with Gasteiger partial charge in [0.25, 0.3) is 5.88 Å². The van der Waals surface area contributed by atoms with E-state index in [9.17, 15) is 9.59 Å². The topological polar surface area (TPSA) is 94.4 Å². The molecule has 1 spiro atoms. The molecule has 1 unspecified atom stereocenters. The Morgan fingerprint density at radius 2 is 1.64 bits per heavy atom. The van der Waals surface area contributed by atoms with Gasteiger partial charge in [-0.2, -0.15) is 0 Å². The Kier molecular flexibility index (Phi) is 6.31. The minimum Gasteiger partial charge on any atom is -0.488 e. The Morgan fingerprint density at radius 1 is 0.936 bits per heavy atom. The third kappa shape index (κ3) is 4.18. The van der Waals surface area contributed by atoms with Gasteiger partial charge in [-0.3, -0.25) is 14.5 Å². The predicted molar refractivity (Wildman–Crippen MR) is 167 cm³/mol. The second-order valence-electron chi connectivity index (χ2n) is 13.0. The fraction of sp³-hybridized carbons (Fsp3) is 0.289. The Balaban J connectivity index is 1.10. The average Bonchev–Trinajstić information content (AvgIpc) is 3.49. The van der Waals surface area contributed by atoms with Crippen LogP contribution in [0.4, 0.5) is 4.39 Å². The van der Waals surface area contributed by atoms with Crippen LogP contribution in [0.25, 0.3) is 0 Å². The van der Waals surface area contributed by atoms with E-state index in [-0.39, 0.29) is 59.4 Å². The lowest BCUT2D eigenvalue weighted by atomic mass is 9.63. The van der Waals surface area contributed by atoms with E-state index in [2.05, 4.69) is 16.6 Å². The standard InChI is InChI=1S/C38H31FN2O6/c1-2-13-41-17-26-27(18-41)34(44-19-21-9-5-3-6-10-21)30-25(32(26)39)15-23-14-24-16-28-31(35(43)38(24)36(46-38)29(23)33(30)42)37(40-47-28)45-20-22-11-7-4-8-12-22/h2-12,23-24H,1,13-20H2/t23?,24-,38+/m0/s1. The lowest BCUT2D eigenvalue weighted by molar-refractivity contribution is 0.0734. The number of allylic oxidation sites excluding steroid dienone is 1. The maximum atomic E-state index is 16.4. The van der Waals surface area contributed by atoms with E-state index in [1.54, 1.807) is 6.08 Å². The molecule has 47 heavy (non-hydrogen) atoms.